The molecule has 0 unspecified atom stereocenters. The van der Waals surface area contributed by atoms with Crippen molar-refractivity contribution in [2.45, 2.75) is 10.9 Å². The Bertz CT molecular complexity index is 685. The molecule has 0 amide bonds. The molecule has 1 aromatic heterocycles. The van der Waals surface area contributed by atoms with Gasteiger partial charge in [0.1, 0.15) is 4.90 Å². The first kappa shape index (κ1) is 16.5. The molecule has 1 aromatic carbocycles. The van der Waals surface area contributed by atoms with Gasteiger partial charge in [0, 0.05) is 12.6 Å². The van der Waals surface area contributed by atoms with Gasteiger partial charge < -0.3 is 4.90 Å². The largest absolute Gasteiger partial charge is 0.301 e. The fraction of sp³-hybridized carbons (Fsp3) is 0.286. The summed E-state index contributed by atoms with van der Waals surface area (Å²) in [6.07, 6.45) is 0. The first-order valence-corrected chi connectivity index (χ1v) is 9.15. The Kier molecular flexibility index (Phi) is 5.40. The molecular formula is C14H17ClN2O2S2. The molecule has 0 aliphatic heterocycles. The number of benzene rings is 1. The van der Waals surface area contributed by atoms with Crippen molar-refractivity contribution in [3.8, 4) is 0 Å². The maximum atomic E-state index is 12.3. The molecule has 1 N–H and O–H groups in total. The monoisotopic (exact) mass is 344 g/mol. The summed E-state index contributed by atoms with van der Waals surface area (Å²) in [6, 6.07) is 8.41. The lowest BCUT2D eigenvalue weighted by molar-refractivity contribution is 0.300. The molecule has 2 aromatic rings. The summed E-state index contributed by atoms with van der Waals surface area (Å²) in [5, 5.41) is 4.23. The highest BCUT2D eigenvalue weighted by Crippen LogP contribution is 2.23. The summed E-state index contributed by atoms with van der Waals surface area (Å²) in [4.78, 5) is 2.09. The van der Waals surface area contributed by atoms with Crippen LogP contribution in [0.15, 0.2) is 46.0 Å². The topological polar surface area (TPSA) is 49.4 Å². The first-order chi connectivity index (χ1) is 9.92. The van der Waals surface area contributed by atoms with Crippen LogP contribution in [0.3, 0.4) is 0 Å². The van der Waals surface area contributed by atoms with E-state index in [-0.39, 0.29) is 22.5 Å². The average molecular weight is 345 g/mol. The standard InChI is InChI=1S/C14H17ClN2O2S2/c1-17(2)13(11-7-8-20-10-11)9-16-21(18,19)14-6-4-3-5-12(14)15/h3-8,10,13,16H,9H2,1-2H3/t13-/m1/s1. The Labute approximate surface area is 134 Å². The van der Waals surface area contributed by atoms with Gasteiger partial charge in [-0.2, -0.15) is 11.3 Å². The molecule has 21 heavy (non-hydrogen) atoms. The number of sulfonamides is 1. The Hall–Kier alpha value is -0.920. The van der Waals surface area contributed by atoms with Crippen molar-refractivity contribution >= 4 is 33.0 Å². The van der Waals surface area contributed by atoms with Crippen LogP contribution in [0.2, 0.25) is 5.02 Å². The van der Waals surface area contributed by atoms with Gasteiger partial charge in [-0.15, -0.1) is 0 Å². The minimum atomic E-state index is -3.62. The smallest absolute Gasteiger partial charge is 0.242 e. The zero-order valence-corrected chi connectivity index (χ0v) is 14.2. The number of nitrogens with zero attached hydrogens (tertiary/aromatic N) is 1. The third kappa shape index (κ3) is 4.05. The summed E-state index contributed by atoms with van der Waals surface area (Å²) in [5.41, 5.74) is 1.09. The van der Waals surface area contributed by atoms with Gasteiger partial charge in [0.2, 0.25) is 10.0 Å². The molecule has 0 radical (unpaired) electrons. The van der Waals surface area contributed by atoms with Crippen LogP contribution in [-0.4, -0.2) is 34.0 Å². The molecule has 0 aliphatic carbocycles. The second kappa shape index (κ2) is 6.89. The second-order valence-electron chi connectivity index (χ2n) is 4.82. The Balaban J connectivity index is 2.16. The van der Waals surface area contributed by atoms with Crippen molar-refractivity contribution in [1.29, 1.82) is 0 Å². The van der Waals surface area contributed by atoms with Crippen LogP contribution in [0.1, 0.15) is 11.6 Å². The van der Waals surface area contributed by atoms with Crippen molar-refractivity contribution in [3.63, 3.8) is 0 Å². The van der Waals surface area contributed by atoms with Crippen LogP contribution in [0.4, 0.5) is 0 Å². The minimum Gasteiger partial charge on any atom is -0.301 e. The van der Waals surface area contributed by atoms with Crippen LogP contribution in [0.5, 0.6) is 0 Å². The van der Waals surface area contributed by atoms with Gasteiger partial charge in [-0.1, -0.05) is 23.7 Å². The van der Waals surface area contributed by atoms with E-state index in [0.717, 1.165) is 5.56 Å². The molecule has 0 saturated carbocycles. The summed E-state index contributed by atoms with van der Waals surface area (Å²) in [5.74, 6) is 0. The van der Waals surface area contributed by atoms with Crippen molar-refractivity contribution in [3.05, 3.63) is 51.7 Å². The van der Waals surface area contributed by atoms with E-state index in [9.17, 15) is 8.42 Å². The molecule has 0 fully saturated rings. The average Bonchev–Trinajstić information content (AvgIpc) is 2.92. The van der Waals surface area contributed by atoms with Gasteiger partial charge in [-0.05, 0) is 48.6 Å². The van der Waals surface area contributed by atoms with E-state index < -0.39 is 10.0 Å². The van der Waals surface area contributed by atoms with E-state index in [1.54, 1.807) is 29.5 Å². The van der Waals surface area contributed by atoms with E-state index in [1.807, 2.05) is 35.8 Å². The predicted octanol–water partition coefficient (Wildman–Crippen LogP) is 2.98. The quantitative estimate of drug-likeness (QED) is 0.876. The fourth-order valence-electron chi connectivity index (χ4n) is 1.99. The van der Waals surface area contributed by atoms with E-state index in [4.69, 9.17) is 11.6 Å². The first-order valence-electron chi connectivity index (χ1n) is 6.34. The lowest BCUT2D eigenvalue weighted by atomic mass is 10.1. The molecule has 0 saturated heterocycles. The van der Waals surface area contributed by atoms with Gasteiger partial charge in [-0.25, -0.2) is 13.1 Å². The number of likely N-dealkylation sites (N-methyl/N-ethyl adjacent to an activating group) is 1. The molecule has 0 aliphatic rings. The number of thiophene rings is 1. The predicted molar refractivity (Wildman–Crippen MR) is 87.4 cm³/mol. The molecule has 114 valence electrons. The van der Waals surface area contributed by atoms with Crippen LogP contribution in [0, 0.1) is 0 Å². The molecule has 0 spiro atoms. The van der Waals surface area contributed by atoms with Crippen LogP contribution in [0.25, 0.3) is 0 Å². The Morgan fingerprint density at radius 1 is 1.29 bits per heavy atom. The van der Waals surface area contributed by atoms with Gasteiger partial charge in [0.25, 0.3) is 0 Å². The molecule has 4 nitrogen and oxygen atoms in total. The van der Waals surface area contributed by atoms with Crippen molar-refractivity contribution < 1.29 is 8.42 Å². The van der Waals surface area contributed by atoms with Crippen molar-refractivity contribution in [2.24, 2.45) is 0 Å². The second-order valence-corrected chi connectivity index (χ2v) is 7.74. The molecule has 1 heterocycles. The molecule has 2 rings (SSSR count). The minimum absolute atomic E-state index is 0.0199. The van der Waals surface area contributed by atoms with Gasteiger partial charge >= 0.3 is 0 Å². The molecule has 0 bridgehead atoms. The molecule has 7 heteroatoms. The lowest BCUT2D eigenvalue weighted by Crippen LogP contribution is -2.34. The number of hydrogen-bond acceptors (Lipinski definition) is 4. The summed E-state index contributed by atoms with van der Waals surface area (Å²) in [6.45, 7) is 0.289. The highest BCUT2D eigenvalue weighted by molar-refractivity contribution is 7.89. The van der Waals surface area contributed by atoms with Gasteiger partial charge in [-0.3, -0.25) is 0 Å². The highest BCUT2D eigenvalue weighted by Gasteiger charge is 2.21. The Morgan fingerprint density at radius 3 is 2.57 bits per heavy atom. The van der Waals surface area contributed by atoms with Crippen LogP contribution >= 0.6 is 22.9 Å². The Morgan fingerprint density at radius 2 is 2.00 bits per heavy atom. The van der Waals surface area contributed by atoms with Crippen molar-refractivity contribution in [2.75, 3.05) is 20.6 Å². The maximum Gasteiger partial charge on any atom is 0.242 e. The van der Waals surface area contributed by atoms with E-state index in [1.165, 1.54) is 6.07 Å². The molecule has 1 atom stereocenters. The normalized spacial score (nSPS) is 13.5. The number of halogens is 1. The zero-order valence-electron chi connectivity index (χ0n) is 11.8. The van der Waals surface area contributed by atoms with E-state index >= 15 is 0 Å². The molecular weight excluding hydrogens is 328 g/mol. The lowest BCUT2D eigenvalue weighted by Gasteiger charge is -2.24. The highest BCUT2D eigenvalue weighted by atomic mass is 35.5. The zero-order chi connectivity index (χ0) is 15.5. The van der Waals surface area contributed by atoms with E-state index in [0.29, 0.717) is 0 Å². The number of rotatable bonds is 6. The van der Waals surface area contributed by atoms with Crippen LogP contribution in [-0.2, 0) is 10.0 Å². The number of nitrogens with one attached hydrogen (secondary N) is 1. The van der Waals surface area contributed by atoms with Gasteiger partial charge in [0.15, 0.2) is 0 Å². The third-order valence-corrected chi connectivity index (χ3v) is 5.77. The maximum absolute atomic E-state index is 12.3. The summed E-state index contributed by atoms with van der Waals surface area (Å²) < 4.78 is 27.3. The van der Waals surface area contributed by atoms with Crippen molar-refractivity contribution in [1.82, 2.24) is 9.62 Å². The van der Waals surface area contributed by atoms with Gasteiger partial charge in [0.05, 0.1) is 5.02 Å². The van der Waals surface area contributed by atoms with E-state index in [2.05, 4.69) is 4.72 Å². The SMILES string of the molecule is CN(C)[C@H](CNS(=O)(=O)c1ccccc1Cl)c1ccsc1. The third-order valence-electron chi connectivity index (χ3n) is 3.14. The van der Waals surface area contributed by atoms with Crippen LogP contribution < -0.4 is 4.72 Å². The summed E-state index contributed by atoms with van der Waals surface area (Å²) >= 11 is 7.55. The fourth-order valence-corrected chi connectivity index (χ4v) is 4.25. The number of hydrogen-bond donors (Lipinski definition) is 1. The summed E-state index contributed by atoms with van der Waals surface area (Å²) in [7, 11) is 0.230.